The van der Waals surface area contributed by atoms with E-state index in [2.05, 4.69) is 5.32 Å². The lowest BCUT2D eigenvalue weighted by atomic mass is 10.2. The highest BCUT2D eigenvalue weighted by atomic mass is 32.2. The fourth-order valence-electron chi connectivity index (χ4n) is 1.91. The highest BCUT2D eigenvalue weighted by molar-refractivity contribution is 7.89. The van der Waals surface area contributed by atoms with E-state index in [1.54, 1.807) is 0 Å². The van der Waals surface area contributed by atoms with Crippen LogP contribution in [0.15, 0.2) is 23.1 Å². The van der Waals surface area contributed by atoms with E-state index in [-0.39, 0.29) is 28.2 Å². The van der Waals surface area contributed by atoms with E-state index >= 15 is 0 Å². The summed E-state index contributed by atoms with van der Waals surface area (Å²) in [6, 6.07) is 4.11. The molecule has 0 aliphatic heterocycles. The maximum atomic E-state index is 12.3. The van der Waals surface area contributed by atoms with Gasteiger partial charge in [-0.25, -0.2) is 17.5 Å². The van der Waals surface area contributed by atoms with Crippen molar-refractivity contribution in [2.45, 2.75) is 23.8 Å². The lowest BCUT2D eigenvalue weighted by molar-refractivity contribution is -0.124. The quantitative estimate of drug-likeness (QED) is 0.709. The molecule has 1 aliphatic carbocycles. The molecule has 1 aromatic rings. The van der Waals surface area contributed by atoms with Crippen LogP contribution in [-0.2, 0) is 19.6 Å². The van der Waals surface area contributed by atoms with Crippen LogP contribution >= 0.6 is 0 Å². The summed E-state index contributed by atoms with van der Waals surface area (Å²) in [6.45, 7) is -0.406. The molecular formula is C15H20N2O6S. The molecule has 1 fully saturated rings. The lowest BCUT2D eigenvalue weighted by Crippen LogP contribution is -2.30. The Morgan fingerprint density at radius 1 is 1.29 bits per heavy atom. The molecule has 0 radical (unpaired) electrons. The Kier molecular flexibility index (Phi) is 5.45. The van der Waals surface area contributed by atoms with Crippen LogP contribution in [0.2, 0.25) is 0 Å². The first-order valence-corrected chi connectivity index (χ1v) is 8.76. The number of hydrogen-bond donors (Lipinski definition) is 1. The molecule has 1 amide bonds. The zero-order chi connectivity index (χ0) is 17.9. The number of ether oxygens (including phenoxy) is 2. The molecule has 0 bridgehead atoms. The highest BCUT2D eigenvalue weighted by Gasteiger charge is 2.25. The predicted molar refractivity (Wildman–Crippen MR) is 85.3 cm³/mol. The van der Waals surface area contributed by atoms with Gasteiger partial charge < -0.3 is 14.8 Å². The summed E-state index contributed by atoms with van der Waals surface area (Å²) in [5.41, 5.74) is 0.0236. The number of benzene rings is 1. The molecule has 24 heavy (non-hydrogen) atoms. The molecule has 1 N–H and O–H groups in total. The average Bonchev–Trinajstić information content (AvgIpc) is 3.35. The Labute approximate surface area is 140 Å². The molecule has 0 unspecified atom stereocenters. The topological polar surface area (TPSA) is 102 Å². The van der Waals surface area contributed by atoms with Crippen molar-refractivity contribution in [3.05, 3.63) is 23.8 Å². The Balaban J connectivity index is 2.15. The Morgan fingerprint density at radius 3 is 2.50 bits per heavy atom. The lowest BCUT2D eigenvalue weighted by Gasteiger charge is -2.15. The maximum Gasteiger partial charge on any atom is 0.338 e. The monoisotopic (exact) mass is 356 g/mol. The number of nitrogens with zero attached hydrogens (tertiary/aromatic N) is 1. The molecule has 0 spiro atoms. The standard InChI is InChI=1S/C15H20N2O6S/c1-17(2)24(20,21)13-8-10(4-7-12(13)22-3)15(19)23-9-14(18)16-11-5-6-11/h4,7-8,11H,5-6,9H2,1-3H3,(H,16,18). The van der Waals surface area contributed by atoms with E-state index < -0.39 is 22.6 Å². The van der Waals surface area contributed by atoms with Gasteiger partial charge in [-0.15, -0.1) is 0 Å². The minimum Gasteiger partial charge on any atom is -0.495 e. The fourth-order valence-corrected chi connectivity index (χ4v) is 2.99. The van der Waals surface area contributed by atoms with E-state index in [4.69, 9.17) is 9.47 Å². The smallest absolute Gasteiger partial charge is 0.338 e. The van der Waals surface area contributed by atoms with Crippen molar-refractivity contribution in [2.24, 2.45) is 0 Å². The molecular weight excluding hydrogens is 336 g/mol. The number of esters is 1. The first kappa shape index (κ1) is 18.2. The third-order valence-corrected chi connectivity index (χ3v) is 5.27. The zero-order valence-electron chi connectivity index (χ0n) is 13.7. The van der Waals surface area contributed by atoms with Crippen molar-refractivity contribution < 1.29 is 27.5 Å². The summed E-state index contributed by atoms with van der Waals surface area (Å²) in [5.74, 6) is -1.04. The zero-order valence-corrected chi connectivity index (χ0v) is 14.6. The summed E-state index contributed by atoms with van der Waals surface area (Å²) in [5, 5.41) is 2.69. The van der Waals surface area contributed by atoms with Crippen LogP contribution in [0.4, 0.5) is 0 Å². The van der Waals surface area contributed by atoms with E-state index in [1.165, 1.54) is 39.4 Å². The largest absolute Gasteiger partial charge is 0.495 e. The number of sulfonamides is 1. The van der Waals surface area contributed by atoms with Gasteiger partial charge in [0.25, 0.3) is 5.91 Å². The molecule has 1 aliphatic rings. The minimum atomic E-state index is -3.79. The summed E-state index contributed by atoms with van der Waals surface area (Å²) in [7, 11) is 0.298. The van der Waals surface area contributed by atoms with Gasteiger partial charge in [-0.3, -0.25) is 4.79 Å². The first-order chi connectivity index (χ1) is 11.3. The SMILES string of the molecule is COc1ccc(C(=O)OCC(=O)NC2CC2)cc1S(=O)(=O)N(C)C. The highest BCUT2D eigenvalue weighted by Crippen LogP contribution is 2.27. The van der Waals surface area contributed by atoms with E-state index in [0.717, 1.165) is 17.1 Å². The molecule has 0 aromatic heterocycles. The van der Waals surface area contributed by atoms with Gasteiger partial charge in [0.15, 0.2) is 6.61 Å². The fraction of sp³-hybridized carbons (Fsp3) is 0.467. The van der Waals surface area contributed by atoms with Gasteiger partial charge in [0, 0.05) is 20.1 Å². The summed E-state index contributed by atoms with van der Waals surface area (Å²) < 4.78 is 35.6. The minimum absolute atomic E-state index is 0.0236. The summed E-state index contributed by atoms with van der Waals surface area (Å²) >= 11 is 0. The number of rotatable bonds is 7. The summed E-state index contributed by atoms with van der Waals surface area (Å²) in [6.07, 6.45) is 1.87. The van der Waals surface area contributed by atoms with Crippen molar-refractivity contribution in [1.82, 2.24) is 9.62 Å². The van der Waals surface area contributed by atoms with Crippen molar-refractivity contribution in [1.29, 1.82) is 0 Å². The molecule has 8 nitrogen and oxygen atoms in total. The van der Waals surface area contributed by atoms with Crippen LogP contribution in [-0.4, -0.2) is 58.5 Å². The van der Waals surface area contributed by atoms with E-state index in [9.17, 15) is 18.0 Å². The van der Waals surface area contributed by atoms with Gasteiger partial charge >= 0.3 is 5.97 Å². The van der Waals surface area contributed by atoms with Crippen molar-refractivity contribution in [2.75, 3.05) is 27.8 Å². The Bertz CT molecular complexity index is 740. The Hall–Kier alpha value is -2.13. The van der Waals surface area contributed by atoms with Gasteiger partial charge in [0.05, 0.1) is 12.7 Å². The second-order valence-electron chi connectivity index (χ2n) is 5.57. The third kappa shape index (κ3) is 4.24. The summed E-state index contributed by atoms with van der Waals surface area (Å²) in [4.78, 5) is 23.4. The van der Waals surface area contributed by atoms with Gasteiger partial charge in [-0.05, 0) is 31.0 Å². The number of methoxy groups -OCH3 is 1. The maximum absolute atomic E-state index is 12.3. The van der Waals surface area contributed by atoms with Crippen LogP contribution in [0.1, 0.15) is 23.2 Å². The van der Waals surface area contributed by atoms with Crippen LogP contribution in [0.25, 0.3) is 0 Å². The average molecular weight is 356 g/mol. The van der Waals surface area contributed by atoms with Gasteiger partial charge in [-0.1, -0.05) is 0 Å². The molecule has 1 saturated carbocycles. The molecule has 9 heteroatoms. The number of nitrogens with one attached hydrogen (secondary N) is 1. The number of carbonyl (C=O) groups is 2. The number of amides is 1. The van der Waals surface area contributed by atoms with Gasteiger partial charge in [0.2, 0.25) is 10.0 Å². The van der Waals surface area contributed by atoms with Crippen LogP contribution in [0.5, 0.6) is 5.75 Å². The van der Waals surface area contributed by atoms with Gasteiger partial charge in [-0.2, -0.15) is 0 Å². The predicted octanol–water partition coefficient (Wildman–Crippen LogP) is 0.381. The van der Waals surface area contributed by atoms with Crippen LogP contribution < -0.4 is 10.1 Å². The van der Waals surface area contributed by atoms with Crippen molar-refractivity contribution in [3.8, 4) is 5.75 Å². The van der Waals surface area contributed by atoms with E-state index in [0.29, 0.717) is 0 Å². The van der Waals surface area contributed by atoms with Crippen molar-refractivity contribution in [3.63, 3.8) is 0 Å². The van der Waals surface area contributed by atoms with Crippen LogP contribution in [0.3, 0.4) is 0 Å². The second-order valence-corrected chi connectivity index (χ2v) is 7.69. The van der Waals surface area contributed by atoms with Gasteiger partial charge in [0.1, 0.15) is 10.6 Å². The molecule has 0 heterocycles. The Morgan fingerprint density at radius 2 is 1.96 bits per heavy atom. The molecule has 2 rings (SSSR count). The van der Waals surface area contributed by atoms with Crippen molar-refractivity contribution >= 4 is 21.9 Å². The van der Waals surface area contributed by atoms with Crippen LogP contribution in [0, 0.1) is 0 Å². The molecule has 0 atom stereocenters. The van der Waals surface area contributed by atoms with E-state index in [1.807, 2.05) is 0 Å². The molecule has 132 valence electrons. The number of hydrogen-bond acceptors (Lipinski definition) is 6. The first-order valence-electron chi connectivity index (χ1n) is 7.32. The number of carbonyl (C=O) groups excluding carboxylic acids is 2. The second kappa shape index (κ2) is 7.18. The third-order valence-electron chi connectivity index (χ3n) is 3.43. The molecule has 0 saturated heterocycles. The normalized spacial score (nSPS) is 14.3. The molecule has 1 aromatic carbocycles.